The highest BCUT2D eigenvalue weighted by molar-refractivity contribution is 7.90. The number of esters is 1. The van der Waals surface area contributed by atoms with Crippen molar-refractivity contribution in [2.24, 2.45) is 16.5 Å². The van der Waals surface area contributed by atoms with E-state index in [4.69, 9.17) is 20.9 Å². The van der Waals surface area contributed by atoms with Gasteiger partial charge in [0.2, 0.25) is 11.9 Å². The minimum Gasteiger partial charge on any atom is -0.487 e. The van der Waals surface area contributed by atoms with Crippen LogP contribution >= 0.6 is 0 Å². The fourth-order valence-corrected chi connectivity index (χ4v) is 6.78. The molecule has 0 radical (unpaired) electrons. The minimum absolute atomic E-state index is 0.114. The third-order valence-electron chi connectivity index (χ3n) is 7.87. The number of nitrogens with two attached hydrogens (primary N) is 2. The molecule has 2 atom stereocenters. The monoisotopic (exact) mass is 629 g/mol. The van der Waals surface area contributed by atoms with Crippen LogP contribution in [-0.4, -0.2) is 50.5 Å². The predicted molar refractivity (Wildman–Crippen MR) is 171 cm³/mol. The summed E-state index contributed by atoms with van der Waals surface area (Å²) in [6, 6.07) is 7.60. The number of carbonyl (C=O) groups excluding carboxylic acids is 2. The molecule has 0 aromatic heterocycles. The summed E-state index contributed by atoms with van der Waals surface area (Å²) in [6.45, 7) is 11.6. The summed E-state index contributed by atoms with van der Waals surface area (Å²) in [5.74, 6) is -0.489. The van der Waals surface area contributed by atoms with Crippen molar-refractivity contribution < 1.29 is 27.5 Å². The normalized spacial score (nSPS) is 15.8. The zero-order chi connectivity index (χ0) is 32.7. The SMILES string of the molecule is CCC[C@H](NC(=O)[C@H](N)CCCN=C(N)NS(=O)(=O)c1c(C)c(C)c2c(c1C)CCC(C)(C)O2)C(=O)OCc1ccccc1. The van der Waals surface area contributed by atoms with E-state index in [9.17, 15) is 18.0 Å². The molecule has 1 heterocycles. The number of benzene rings is 2. The van der Waals surface area contributed by atoms with E-state index in [0.29, 0.717) is 36.8 Å². The molecule has 0 fully saturated rings. The molecule has 12 heteroatoms. The number of amides is 1. The summed E-state index contributed by atoms with van der Waals surface area (Å²) in [5.41, 5.74) is 15.5. The Morgan fingerprint density at radius 1 is 1.09 bits per heavy atom. The maximum absolute atomic E-state index is 13.4. The second-order valence-electron chi connectivity index (χ2n) is 11.9. The number of hydrogen-bond acceptors (Lipinski definition) is 8. The maximum atomic E-state index is 13.4. The number of rotatable bonds is 13. The van der Waals surface area contributed by atoms with E-state index in [1.54, 1.807) is 13.8 Å². The molecule has 0 unspecified atom stereocenters. The molecule has 1 aliphatic heterocycles. The summed E-state index contributed by atoms with van der Waals surface area (Å²) >= 11 is 0. The van der Waals surface area contributed by atoms with E-state index < -0.39 is 34.0 Å². The Kier molecular flexibility index (Phi) is 11.8. The van der Waals surface area contributed by atoms with E-state index in [1.807, 2.05) is 58.0 Å². The molecular weight excluding hydrogens is 582 g/mol. The lowest BCUT2D eigenvalue weighted by Gasteiger charge is -2.35. The van der Waals surface area contributed by atoms with Crippen LogP contribution in [0.15, 0.2) is 40.2 Å². The summed E-state index contributed by atoms with van der Waals surface area (Å²) in [7, 11) is -4.02. The van der Waals surface area contributed by atoms with Gasteiger partial charge in [-0.15, -0.1) is 0 Å². The summed E-state index contributed by atoms with van der Waals surface area (Å²) in [4.78, 5) is 29.6. The highest BCUT2D eigenvalue weighted by Crippen LogP contribution is 2.42. The maximum Gasteiger partial charge on any atom is 0.328 e. The number of nitrogens with zero attached hydrogens (tertiary/aromatic N) is 1. The van der Waals surface area contributed by atoms with Gasteiger partial charge in [0.05, 0.1) is 10.9 Å². The molecular formula is C32H47N5O6S. The van der Waals surface area contributed by atoms with Crippen LogP contribution < -0.4 is 26.2 Å². The molecule has 44 heavy (non-hydrogen) atoms. The van der Waals surface area contributed by atoms with E-state index in [0.717, 1.165) is 28.9 Å². The van der Waals surface area contributed by atoms with Gasteiger partial charge < -0.3 is 26.3 Å². The van der Waals surface area contributed by atoms with Crippen molar-refractivity contribution in [1.82, 2.24) is 10.0 Å². The van der Waals surface area contributed by atoms with Crippen molar-refractivity contribution in [2.75, 3.05) is 6.54 Å². The summed E-state index contributed by atoms with van der Waals surface area (Å²) < 4.78 is 40.8. The molecule has 11 nitrogen and oxygen atoms in total. The number of nitrogens with one attached hydrogen (secondary N) is 2. The second kappa shape index (κ2) is 14.9. The average molecular weight is 630 g/mol. The van der Waals surface area contributed by atoms with E-state index in [2.05, 4.69) is 15.0 Å². The fraction of sp³-hybridized carbons (Fsp3) is 0.531. The van der Waals surface area contributed by atoms with Crippen LogP contribution in [0.1, 0.15) is 80.7 Å². The quantitative estimate of drug-likeness (QED) is 0.113. The minimum atomic E-state index is -4.02. The first-order valence-electron chi connectivity index (χ1n) is 15.1. The van der Waals surface area contributed by atoms with Gasteiger partial charge in [0, 0.05) is 6.54 Å². The summed E-state index contributed by atoms with van der Waals surface area (Å²) in [5, 5.41) is 2.69. The zero-order valence-electron chi connectivity index (χ0n) is 26.7. The Hall–Kier alpha value is -3.64. The Morgan fingerprint density at radius 2 is 1.77 bits per heavy atom. The molecule has 1 aliphatic rings. The lowest BCUT2D eigenvalue weighted by molar-refractivity contribution is -0.149. The van der Waals surface area contributed by atoms with Crippen LogP contribution in [0.3, 0.4) is 0 Å². The van der Waals surface area contributed by atoms with Gasteiger partial charge in [-0.3, -0.25) is 9.79 Å². The third-order valence-corrected chi connectivity index (χ3v) is 9.50. The third kappa shape index (κ3) is 8.95. The van der Waals surface area contributed by atoms with Gasteiger partial charge in [0.15, 0.2) is 0 Å². The second-order valence-corrected chi connectivity index (χ2v) is 13.6. The van der Waals surface area contributed by atoms with Crippen LogP contribution in [0.25, 0.3) is 0 Å². The Bertz CT molecular complexity index is 1470. The number of carbonyl (C=O) groups is 2. The molecule has 0 spiro atoms. The summed E-state index contributed by atoms with van der Waals surface area (Å²) in [6.07, 6.45) is 3.20. The first-order chi connectivity index (χ1) is 20.7. The first-order valence-corrected chi connectivity index (χ1v) is 16.6. The van der Waals surface area contributed by atoms with Gasteiger partial charge in [0.1, 0.15) is 24.0 Å². The first kappa shape index (κ1) is 34.8. The van der Waals surface area contributed by atoms with Gasteiger partial charge in [-0.2, -0.15) is 0 Å². The Morgan fingerprint density at radius 3 is 2.43 bits per heavy atom. The van der Waals surface area contributed by atoms with Gasteiger partial charge in [-0.1, -0.05) is 43.7 Å². The largest absolute Gasteiger partial charge is 0.487 e. The standard InChI is InChI=1S/C32H47N5O6S/c1-7-12-26(30(39)42-19-23-13-9-8-10-14-23)36-29(38)25(33)15-11-18-35-31(34)37-44(40,41)28-21(3)20(2)27-24(22(28)4)16-17-32(5,6)43-27/h8-10,13-14,25-26H,7,11-12,15-19,33H2,1-6H3,(H,36,38)(H3,34,35,37)/t25-,26+/m1/s1. The van der Waals surface area contributed by atoms with E-state index >= 15 is 0 Å². The van der Waals surface area contributed by atoms with Crippen molar-refractivity contribution in [2.45, 2.75) is 109 Å². The van der Waals surface area contributed by atoms with Crippen LogP contribution in [0, 0.1) is 20.8 Å². The van der Waals surface area contributed by atoms with Gasteiger partial charge in [0.25, 0.3) is 10.0 Å². The number of aliphatic imine (C=N–C) groups is 1. The zero-order valence-corrected chi connectivity index (χ0v) is 27.5. The molecule has 1 amide bonds. The van der Waals surface area contributed by atoms with Crippen LogP contribution in [0.4, 0.5) is 0 Å². The average Bonchev–Trinajstić information content (AvgIpc) is 2.96. The van der Waals surface area contributed by atoms with Crippen molar-refractivity contribution >= 4 is 27.9 Å². The van der Waals surface area contributed by atoms with Crippen LogP contribution in [0.5, 0.6) is 5.75 Å². The molecule has 0 bridgehead atoms. The molecule has 0 aliphatic carbocycles. The van der Waals surface area contributed by atoms with Crippen molar-refractivity contribution in [1.29, 1.82) is 0 Å². The van der Waals surface area contributed by atoms with Crippen molar-refractivity contribution in [3.05, 3.63) is 58.1 Å². The van der Waals surface area contributed by atoms with Crippen molar-refractivity contribution in [3.8, 4) is 5.75 Å². The highest BCUT2D eigenvalue weighted by atomic mass is 32.2. The number of ether oxygens (including phenoxy) is 2. The van der Waals surface area contributed by atoms with Gasteiger partial charge in [-0.05, 0) is 94.5 Å². The number of hydrogen-bond donors (Lipinski definition) is 4. The topological polar surface area (TPSA) is 175 Å². The highest BCUT2D eigenvalue weighted by Gasteiger charge is 2.33. The molecule has 0 saturated carbocycles. The Balaban J connectivity index is 1.54. The predicted octanol–water partition coefficient (Wildman–Crippen LogP) is 3.44. The van der Waals surface area contributed by atoms with Gasteiger partial charge >= 0.3 is 5.97 Å². The molecule has 6 N–H and O–H groups in total. The fourth-order valence-electron chi connectivity index (χ4n) is 5.26. The lowest BCUT2D eigenvalue weighted by atomic mass is 9.88. The Labute approximate surface area is 261 Å². The number of fused-ring (bicyclic) bond motifs is 1. The van der Waals surface area contributed by atoms with Crippen molar-refractivity contribution in [3.63, 3.8) is 0 Å². The smallest absolute Gasteiger partial charge is 0.328 e. The molecule has 3 rings (SSSR count). The van der Waals surface area contributed by atoms with E-state index in [-0.39, 0.29) is 36.0 Å². The molecule has 242 valence electrons. The molecule has 2 aromatic rings. The van der Waals surface area contributed by atoms with Gasteiger partial charge in [-0.25, -0.2) is 17.9 Å². The molecule has 2 aromatic carbocycles. The van der Waals surface area contributed by atoms with E-state index in [1.165, 1.54) is 0 Å². The molecule has 0 saturated heterocycles. The number of sulfonamides is 1. The lowest BCUT2D eigenvalue weighted by Crippen LogP contribution is -2.48. The van der Waals surface area contributed by atoms with Crippen LogP contribution in [0.2, 0.25) is 0 Å². The van der Waals surface area contributed by atoms with Crippen LogP contribution in [-0.2, 0) is 37.4 Å². The number of guanidine groups is 1.